The summed E-state index contributed by atoms with van der Waals surface area (Å²) < 4.78 is 47.0. The zero-order valence-electron chi connectivity index (χ0n) is 13.0. The number of nitrogens with one attached hydrogen (secondary N) is 1. The molecule has 0 spiro atoms. The van der Waals surface area contributed by atoms with Crippen molar-refractivity contribution in [3.63, 3.8) is 0 Å². The molecular weight excluding hydrogens is 379 g/mol. The van der Waals surface area contributed by atoms with E-state index in [4.69, 9.17) is 9.84 Å². The van der Waals surface area contributed by atoms with Crippen LogP contribution in [0.5, 0.6) is 0 Å². The minimum atomic E-state index is -3.16. The Balaban J connectivity index is 3.32. The summed E-state index contributed by atoms with van der Waals surface area (Å²) in [6.07, 6.45) is -4.85. The minimum Gasteiger partial charge on any atom is -0.444 e. The lowest BCUT2D eigenvalue weighted by Crippen LogP contribution is -2.53. The molecule has 1 amide bonds. The highest BCUT2D eigenvalue weighted by Gasteiger charge is 2.45. The number of aliphatic hydroxyl groups excluding tert-OH is 1. The van der Waals surface area contributed by atoms with Gasteiger partial charge in [-0.1, -0.05) is 15.9 Å². The minimum absolute atomic E-state index is 0.364. The van der Waals surface area contributed by atoms with Crippen molar-refractivity contribution in [2.75, 3.05) is 6.61 Å². The summed E-state index contributed by atoms with van der Waals surface area (Å²) in [4.78, 5) is 11.9. The number of carbonyl (C=O) groups excluding carboxylic acids is 1. The van der Waals surface area contributed by atoms with Crippen molar-refractivity contribution in [1.29, 1.82) is 0 Å². The Morgan fingerprint density at radius 1 is 1.39 bits per heavy atom. The Morgan fingerprint density at radius 3 is 2.48 bits per heavy atom. The highest BCUT2D eigenvalue weighted by atomic mass is 79.9. The van der Waals surface area contributed by atoms with E-state index in [0.29, 0.717) is 4.47 Å². The molecule has 0 aliphatic rings. The number of alkyl carbamates (subject to hydrolysis) is 1. The molecule has 4 nitrogen and oxygen atoms in total. The Bertz CT molecular complexity index is 563. The van der Waals surface area contributed by atoms with Crippen molar-refractivity contribution in [3.8, 4) is 0 Å². The quantitative estimate of drug-likeness (QED) is 0.790. The van der Waals surface area contributed by atoms with Gasteiger partial charge in [-0.25, -0.2) is 18.0 Å². The standard InChI is InChI=1S/C15H19BrF3NO3/c1-14(2,3)23-13(22)20-15(6-7-21,12(18)19)10-8-9(16)4-5-11(10)17/h4-5,8,12,21H,6-7H2,1-3H3,(H,20,22). The fourth-order valence-electron chi connectivity index (χ4n) is 2.05. The summed E-state index contributed by atoms with van der Waals surface area (Å²) in [5.74, 6) is -0.919. The van der Waals surface area contributed by atoms with E-state index in [1.165, 1.54) is 6.07 Å². The second-order valence-corrected chi connectivity index (χ2v) is 6.91. The Hall–Kier alpha value is -1.28. The lowest BCUT2D eigenvalue weighted by atomic mass is 9.86. The predicted octanol–water partition coefficient (Wildman–Crippen LogP) is 3.96. The number of benzene rings is 1. The molecule has 23 heavy (non-hydrogen) atoms. The van der Waals surface area contributed by atoms with Crippen LogP contribution in [0.4, 0.5) is 18.0 Å². The molecular formula is C15H19BrF3NO3. The summed E-state index contributed by atoms with van der Waals surface area (Å²) in [5.41, 5.74) is -3.74. The molecule has 0 bridgehead atoms. The van der Waals surface area contributed by atoms with Crippen LogP contribution < -0.4 is 5.32 Å². The van der Waals surface area contributed by atoms with Crippen molar-refractivity contribution in [2.24, 2.45) is 0 Å². The van der Waals surface area contributed by atoms with Gasteiger partial charge in [-0.2, -0.15) is 0 Å². The number of hydrogen-bond donors (Lipinski definition) is 2. The molecule has 130 valence electrons. The number of hydrogen-bond acceptors (Lipinski definition) is 3. The number of halogens is 4. The van der Waals surface area contributed by atoms with Gasteiger partial charge in [0.15, 0.2) is 0 Å². The molecule has 1 rings (SSSR count). The van der Waals surface area contributed by atoms with Gasteiger partial charge in [0.1, 0.15) is 17.0 Å². The van der Waals surface area contributed by atoms with Gasteiger partial charge in [0.25, 0.3) is 6.43 Å². The monoisotopic (exact) mass is 397 g/mol. The number of rotatable bonds is 5. The molecule has 1 unspecified atom stereocenters. The third-order valence-corrected chi connectivity index (χ3v) is 3.50. The van der Waals surface area contributed by atoms with Crippen LogP contribution in [-0.4, -0.2) is 29.8 Å². The molecule has 0 saturated carbocycles. The summed E-state index contributed by atoms with van der Waals surface area (Å²) in [5, 5.41) is 11.2. The van der Waals surface area contributed by atoms with Gasteiger partial charge in [-0.15, -0.1) is 0 Å². The topological polar surface area (TPSA) is 58.6 Å². The van der Waals surface area contributed by atoms with E-state index in [9.17, 15) is 18.0 Å². The van der Waals surface area contributed by atoms with Crippen LogP contribution in [0.15, 0.2) is 22.7 Å². The molecule has 0 aliphatic heterocycles. The van der Waals surface area contributed by atoms with Gasteiger partial charge in [0.2, 0.25) is 0 Å². The van der Waals surface area contributed by atoms with Crippen molar-refractivity contribution in [3.05, 3.63) is 34.1 Å². The number of aliphatic hydroxyl groups is 1. The Labute approximate surface area is 141 Å². The second kappa shape index (κ2) is 7.53. The molecule has 1 atom stereocenters. The normalized spacial score (nSPS) is 14.5. The molecule has 1 aromatic rings. The maximum absolute atomic E-state index is 14.1. The smallest absolute Gasteiger partial charge is 0.408 e. The maximum atomic E-state index is 14.1. The van der Waals surface area contributed by atoms with Crippen LogP contribution in [0.2, 0.25) is 0 Å². The molecule has 1 aromatic carbocycles. The van der Waals surface area contributed by atoms with E-state index >= 15 is 0 Å². The van der Waals surface area contributed by atoms with Crippen molar-refractivity contribution in [1.82, 2.24) is 5.32 Å². The third-order valence-electron chi connectivity index (χ3n) is 3.01. The molecule has 2 N–H and O–H groups in total. The van der Waals surface area contributed by atoms with E-state index in [1.807, 2.05) is 5.32 Å². The van der Waals surface area contributed by atoms with Gasteiger partial charge >= 0.3 is 6.09 Å². The highest BCUT2D eigenvalue weighted by Crippen LogP contribution is 2.35. The third kappa shape index (κ3) is 5.10. The molecule has 0 saturated heterocycles. The summed E-state index contributed by atoms with van der Waals surface area (Å²) in [7, 11) is 0. The van der Waals surface area contributed by atoms with Gasteiger partial charge in [-0.3, -0.25) is 0 Å². The molecule has 0 aromatic heterocycles. The van der Waals surface area contributed by atoms with E-state index in [1.54, 1.807) is 20.8 Å². The summed E-state index contributed by atoms with van der Waals surface area (Å²) in [6.45, 7) is 4.04. The first kappa shape index (κ1) is 19.8. The first-order valence-electron chi connectivity index (χ1n) is 6.87. The Morgan fingerprint density at radius 2 is 2.00 bits per heavy atom. The van der Waals surface area contributed by atoms with Crippen LogP contribution in [0.25, 0.3) is 0 Å². The maximum Gasteiger partial charge on any atom is 0.408 e. The SMILES string of the molecule is CC(C)(C)OC(=O)NC(CCO)(c1cc(Br)ccc1F)C(F)F. The van der Waals surface area contributed by atoms with Gasteiger partial charge < -0.3 is 15.2 Å². The zero-order chi connectivity index (χ0) is 17.8. The molecule has 0 fully saturated rings. The molecule has 0 radical (unpaired) electrons. The predicted molar refractivity (Wildman–Crippen MR) is 82.9 cm³/mol. The van der Waals surface area contributed by atoms with E-state index in [2.05, 4.69) is 15.9 Å². The van der Waals surface area contributed by atoms with Crippen LogP contribution in [0, 0.1) is 5.82 Å². The first-order valence-corrected chi connectivity index (χ1v) is 7.67. The van der Waals surface area contributed by atoms with Crippen molar-refractivity contribution >= 4 is 22.0 Å². The van der Waals surface area contributed by atoms with Crippen molar-refractivity contribution < 1.29 is 27.8 Å². The summed E-state index contributed by atoms with van der Waals surface area (Å²) in [6, 6.07) is 3.50. The fraction of sp³-hybridized carbons (Fsp3) is 0.533. The average molecular weight is 398 g/mol. The lowest BCUT2D eigenvalue weighted by Gasteiger charge is -2.35. The zero-order valence-corrected chi connectivity index (χ0v) is 14.6. The number of alkyl halides is 2. The van der Waals surface area contributed by atoms with Crippen LogP contribution >= 0.6 is 15.9 Å². The number of carbonyl (C=O) groups is 1. The van der Waals surface area contributed by atoms with Crippen LogP contribution in [0.1, 0.15) is 32.8 Å². The number of ether oxygens (including phenoxy) is 1. The molecule has 0 heterocycles. The number of amides is 1. The highest BCUT2D eigenvalue weighted by molar-refractivity contribution is 9.10. The lowest BCUT2D eigenvalue weighted by molar-refractivity contribution is -0.00684. The van der Waals surface area contributed by atoms with E-state index < -0.39 is 48.1 Å². The summed E-state index contributed by atoms with van der Waals surface area (Å²) >= 11 is 3.09. The van der Waals surface area contributed by atoms with Gasteiger partial charge in [0.05, 0.1) is 0 Å². The largest absolute Gasteiger partial charge is 0.444 e. The van der Waals surface area contributed by atoms with Crippen LogP contribution in [0.3, 0.4) is 0 Å². The molecule has 0 aliphatic carbocycles. The Kier molecular flexibility index (Phi) is 6.47. The average Bonchev–Trinajstić information content (AvgIpc) is 2.38. The van der Waals surface area contributed by atoms with E-state index in [-0.39, 0.29) is 0 Å². The second-order valence-electron chi connectivity index (χ2n) is 6.00. The van der Waals surface area contributed by atoms with Crippen LogP contribution in [-0.2, 0) is 10.3 Å². The van der Waals surface area contributed by atoms with Gasteiger partial charge in [0, 0.05) is 23.1 Å². The fourth-order valence-corrected chi connectivity index (χ4v) is 2.41. The van der Waals surface area contributed by atoms with E-state index in [0.717, 1.165) is 12.1 Å². The molecule has 8 heteroatoms. The van der Waals surface area contributed by atoms with Gasteiger partial charge in [-0.05, 0) is 39.0 Å². The first-order chi connectivity index (χ1) is 10.5. The van der Waals surface area contributed by atoms with Crippen molar-refractivity contribution in [2.45, 2.75) is 44.8 Å².